The van der Waals surface area contributed by atoms with E-state index < -0.39 is 33.7 Å². The summed E-state index contributed by atoms with van der Waals surface area (Å²) in [6, 6.07) is 6.19. The minimum atomic E-state index is -1.75. The predicted molar refractivity (Wildman–Crippen MR) is 114 cm³/mol. The molecule has 0 aliphatic carbocycles. The molecule has 2 heterocycles. The Bertz CT molecular complexity index is 874. The van der Waals surface area contributed by atoms with Gasteiger partial charge in [-0.3, -0.25) is 14.5 Å². The average molecular weight is 498 g/mol. The topological polar surface area (TPSA) is 75.7 Å². The molecular weight excluding hydrogens is 482 g/mol. The van der Waals surface area contributed by atoms with Gasteiger partial charge in [0.15, 0.2) is 0 Å². The molecule has 2 aliphatic heterocycles. The number of hydrogen-bond acceptors (Lipinski definition) is 5. The first-order chi connectivity index (χ1) is 13.5. The Morgan fingerprint density at radius 2 is 2.03 bits per heavy atom. The first-order valence-electron chi connectivity index (χ1n) is 8.53. The Morgan fingerprint density at radius 1 is 1.31 bits per heavy atom. The summed E-state index contributed by atoms with van der Waals surface area (Å²) in [6.07, 6.45) is 1.70. The molecule has 1 fully saturated rings. The van der Waals surface area contributed by atoms with Gasteiger partial charge in [0, 0.05) is 10.3 Å². The van der Waals surface area contributed by atoms with Crippen LogP contribution in [0.3, 0.4) is 0 Å². The molecule has 2 amide bonds. The fraction of sp³-hybridized carbons (Fsp3) is 0.389. The number of rotatable bonds is 5. The summed E-state index contributed by atoms with van der Waals surface area (Å²) < 4.78 is 3.25. The molecule has 3 atom stereocenters. The van der Waals surface area contributed by atoms with Crippen LogP contribution in [-0.2, 0) is 25.5 Å². The number of nitrogens with one attached hydrogen (secondary N) is 1. The maximum absolute atomic E-state index is 12.6. The fourth-order valence-electron chi connectivity index (χ4n) is 3.00. The first-order valence-corrected chi connectivity index (χ1v) is 11.0. The van der Waals surface area contributed by atoms with Crippen LogP contribution in [0.2, 0.25) is 5.02 Å². The van der Waals surface area contributed by atoms with Crippen LogP contribution in [-0.4, -0.2) is 49.7 Å². The van der Waals surface area contributed by atoms with E-state index in [9.17, 15) is 14.4 Å². The largest absolute Gasteiger partial charge is 0.456 e. The van der Waals surface area contributed by atoms with E-state index in [4.69, 9.17) is 51.1 Å². The summed E-state index contributed by atoms with van der Waals surface area (Å²) in [5.41, 5.74) is 0.819. The minimum Gasteiger partial charge on any atom is -0.456 e. The summed E-state index contributed by atoms with van der Waals surface area (Å²) in [4.78, 5) is 38.6. The van der Waals surface area contributed by atoms with Crippen LogP contribution in [0.4, 0.5) is 0 Å². The summed E-state index contributed by atoms with van der Waals surface area (Å²) in [5, 5.41) is 2.77. The number of alkyl halides is 3. The van der Waals surface area contributed by atoms with Gasteiger partial charge in [-0.2, -0.15) is 0 Å². The number of esters is 1. The molecule has 3 rings (SSSR count). The van der Waals surface area contributed by atoms with Crippen LogP contribution in [0, 0.1) is 0 Å². The van der Waals surface area contributed by atoms with Crippen LogP contribution >= 0.6 is 58.2 Å². The lowest BCUT2D eigenvalue weighted by Gasteiger charge is -2.49. The van der Waals surface area contributed by atoms with Gasteiger partial charge in [0.25, 0.3) is 5.91 Å². The van der Waals surface area contributed by atoms with E-state index in [0.717, 1.165) is 5.56 Å². The lowest BCUT2D eigenvalue weighted by Crippen LogP contribution is -2.70. The van der Waals surface area contributed by atoms with E-state index in [0.29, 0.717) is 5.02 Å². The van der Waals surface area contributed by atoms with Crippen molar-refractivity contribution in [3.8, 4) is 0 Å². The number of amides is 2. The average Bonchev–Trinajstić information content (AvgIpc) is 2.62. The molecule has 0 radical (unpaired) electrons. The SMILES string of the molecule is CC1C=C(C(=O)OCC(Cl)(Cl)Cl)N2C(=O)C(NC(=O)Cc3cccc(Cl)c3)[C@H]2S1. The van der Waals surface area contributed by atoms with Gasteiger partial charge in [0.1, 0.15) is 23.7 Å². The summed E-state index contributed by atoms with van der Waals surface area (Å²) >= 11 is 24.2. The third-order valence-electron chi connectivity index (χ3n) is 4.20. The van der Waals surface area contributed by atoms with E-state index in [1.807, 2.05) is 6.92 Å². The van der Waals surface area contributed by atoms with Gasteiger partial charge < -0.3 is 10.1 Å². The summed E-state index contributed by atoms with van der Waals surface area (Å²) in [7, 11) is 0. The second kappa shape index (κ2) is 8.94. The van der Waals surface area contributed by atoms with Crippen LogP contribution in [0.5, 0.6) is 0 Å². The van der Waals surface area contributed by atoms with Gasteiger partial charge in [0.2, 0.25) is 9.70 Å². The van der Waals surface area contributed by atoms with Gasteiger partial charge >= 0.3 is 5.97 Å². The zero-order valence-corrected chi connectivity index (χ0v) is 18.9. The van der Waals surface area contributed by atoms with Gasteiger partial charge in [-0.15, -0.1) is 11.8 Å². The summed E-state index contributed by atoms with van der Waals surface area (Å²) in [6.45, 7) is 1.43. The molecule has 1 aromatic rings. The molecule has 1 N–H and O–H groups in total. The third-order valence-corrected chi connectivity index (χ3v) is 6.09. The van der Waals surface area contributed by atoms with Crippen LogP contribution in [0.1, 0.15) is 12.5 Å². The molecule has 29 heavy (non-hydrogen) atoms. The maximum atomic E-state index is 12.6. The smallest absolute Gasteiger partial charge is 0.354 e. The van der Waals surface area contributed by atoms with Crippen molar-refractivity contribution in [2.45, 2.75) is 33.8 Å². The molecule has 0 aromatic heterocycles. The standard InChI is InChI=1S/C18H16Cl4N2O4S/c1-9-5-12(17(27)28-8-18(20,21)22)24-15(26)14(16(24)29-9)23-13(25)7-10-3-2-4-11(19)6-10/h2-6,9,14,16H,7-8H2,1H3,(H,23,25)/t9?,14?,16-/m1/s1. The second-order valence-corrected chi connectivity index (χ2v) is 11.0. The van der Waals surface area contributed by atoms with Crippen molar-refractivity contribution in [3.63, 3.8) is 0 Å². The van der Waals surface area contributed by atoms with E-state index in [2.05, 4.69) is 5.32 Å². The van der Waals surface area contributed by atoms with E-state index in [1.54, 1.807) is 30.3 Å². The lowest BCUT2D eigenvalue weighted by molar-refractivity contribution is -0.152. The Morgan fingerprint density at radius 3 is 2.69 bits per heavy atom. The number of hydrogen-bond donors (Lipinski definition) is 1. The Labute approximate surface area is 191 Å². The van der Waals surface area contributed by atoms with Crippen molar-refractivity contribution >= 4 is 75.9 Å². The highest BCUT2D eigenvalue weighted by molar-refractivity contribution is 8.00. The van der Waals surface area contributed by atoms with E-state index in [-0.39, 0.29) is 23.3 Å². The van der Waals surface area contributed by atoms with Crippen LogP contribution < -0.4 is 5.32 Å². The third kappa shape index (κ3) is 5.52. The highest BCUT2D eigenvalue weighted by atomic mass is 35.6. The second-order valence-electron chi connectivity index (χ2n) is 6.54. The molecule has 1 saturated heterocycles. The van der Waals surface area contributed by atoms with Crippen molar-refractivity contribution in [2.75, 3.05) is 6.61 Å². The summed E-state index contributed by atoms with van der Waals surface area (Å²) in [5.74, 6) is -1.47. The van der Waals surface area contributed by atoms with Gasteiger partial charge in [-0.05, 0) is 30.7 Å². The number of carbonyl (C=O) groups is 3. The predicted octanol–water partition coefficient (Wildman–Crippen LogP) is 3.47. The number of halogens is 4. The van der Waals surface area contributed by atoms with Crippen molar-refractivity contribution in [2.24, 2.45) is 0 Å². The molecule has 0 spiro atoms. The van der Waals surface area contributed by atoms with Crippen molar-refractivity contribution in [1.29, 1.82) is 0 Å². The number of fused-ring (bicyclic) bond motifs is 1. The van der Waals surface area contributed by atoms with Gasteiger partial charge in [0.05, 0.1) is 6.42 Å². The van der Waals surface area contributed by atoms with E-state index in [1.165, 1.54) is 16.7 Å². The monoisotopic (exact) mass is 496 g/mol. The molecule has 0 saturated carbocycles. The number of nitrogens with zero attached hydrogens (tertiary/aromatic N) is 1. The molecular formula is C18H16Cl4N2O4S. The van der Waals surface area contributed by atoms with Crippen LogP contribution in [0.15, 0.2) is 36.0 Å². The quantitative estimate of drug-likeness (QED) is 0.383. The first kappa shape index (κ1) is 22.6. The number of carbonyl (C=O) groups excluding carboxylic acids is 3. The number of benzene rings is 1. The Kier molecular flexibility index (Phi) is 6.95. The number of thioether (sulfide) groups is 1. The highest BCUT2D eigenvalue weighted by Gasteiger charge is 2.54. The fourth-order valence-corrected chi connectivity index (χ4v) is 4.70. The maximum Gasteiger partial charge on any atom is 0.354 e. The molecule has 6 nitrogen and oxygen atoms in total. The molecule has 156 valence electrons. The number of β-lactam (4-membered cyclic amide) rings is 1. The number of ether oxygens (including phenoxy) is 1. The Balaban J connectivity index is 1.64. The Hall–Kier alpha value is -1.12. The zero-order chi connectivity index (χ0) is 21.3. The van der Waals surface area contributed by atoms with Gasteiger partial charge in [-0.1, -0.05) is 58.5 Å². The minimum absolute atomic E-state index is 0.0769. The van der Waals surface area contributed by atoms with E-state index >= 15 is 0 Å². The lowest BCUT2D eigenvalue weighted by atomic mass is 10.0. The van der Waals surface area contributed by atoms with Crippen molar-refractivity contribution in [3.05, 3.63) is 46.6 Å². The molecule has 11 heteroatoms. The molecule has 2 unspecified atom stereocenters. The molecule has 1 aromatic carbocycles. The normalized spacial score (nSPS) is 23.6. The molecule has 2 aliphatic rings. The van der Waals surface area contributed by atoms with Gasteiger partial charge in [-0.25, -0.2) is 4.79 Å². The molecule has 0 bridgehead atoms. The highest BCUT2D eigenvalue weighted by Crippen LogP contribution is 2.41. The zero-order valence-electron chi connectivity index (χ0n) is 15.0. The van der Waals surface area contributed by atoms with Crippen molar-refractivity contribution in [1.82, 2.24) is 10.2 Å². The van der Waals surface area contributed by atoms with Crippen molar-refractivity contribution < 1.29 is 19.1 Å². The van der Waals surface area contributed by atoms with Crippen LogP contribution in [0.25, 0.3) is 0 Å².